The fourth-order valence-corrected chi connectivity index (χ4v) is 1.55. The van der Waals surface area contributed by atoms with Crippen molar-refractivity contribution in [2.45, 2.75) is 25.8 Å². The molecule has 0 spiro atoms. The number of nitrogens with one attached hydrogen (secondary N) is 1. The van der Waals surface area contributed by atoms with E-state index in [4.69, 9.17) is 16.9 Å². The van der Waals surface area contributed by atoms with E-state index in [0.29, 0.717) is 6.42 Å². The molecule has 0 saturated heterocycles. The molecular weight excluding hydrogens is 198 g/mol. The van der Waals surface area contributed by atoms with Crippen molar-refractivity contribution < 1.29 is 5.11 Å². The second-order valence-electron chi connectivity index (χ2n) is 3.51. The second kappa shape index (κ2) is 6.02. The summed E-state index contributed by atoms with van der Waals surface area (Å²) in [4.78, 5) is 2.68. The van der Waals surface area contributed by atoms with Gasteiger partial charge in [-0.2, -0.15) is 0 Å². The number of hydrogen-bond acceptors (Lipinski definition) is 2. The molecule has 1 rings (SSSR count). The SMILES string of the molecule is Cc1ccc(C[C@@H](CCO)NCl)cc1. The fraction of sp³-hybridized carbons (Fsp3) is 0.455. The third-order valence-electron chi connectivity index (χ3n) is 2.23. The Morgan fingerprint density at radius 3 is 2.50 bits per heavy atom. The number of rotatable bonds is 5. The number of benzene rings is 1. The fourth-order valence-electron chi connectivity index (χ4n) is 1.36. The Morgan fingerprint density at radius 1 is 1.36 bits per heavy atom. The third kappa shape index (κ3) is 3.66. The molecule has 1 atom stereocenters. The van der Waals surface area contributed by atoms with Crippen molar-refractivity contribution in [2.24, 2.45) is 0 Å². The van der Waals surface area contributed by atoms with E-state index in [0.717, 1.165) is 6.42 Å². The van der Waals surface area contributed by atoms with Gasteiger partial charge in [0.25, 0.3) is 0 Å². The quantitative estimate of drug-likeness (QED) is 0.734. The van der Waals surface area contributed by atoms with Crippen LogP contribution in [0.4, 0.5) is 0 Å². The van der Waals surface area contributed by atoms with Gasteiger partial charge in [0.05, 0.1) is 0 Å². The highest BCUT2D eigenvalue weighted by molar-refractivity contribution is 6.13. The number of hydrogen-bond donors (Lipinski definition) is 2. The first-order chi connectivity index (χ1) is 6.76. The molecule has 1 aromatic rings. The zero-order valence-electron chi connectivity index (χ0n) is 8.33. The van der Waals surface area contributed by atoms with E-state index in [9.17, 15) is 0 Å². The first-order valence-corrected chi connectivity index (χ1v) is 5.16. The molecular formula is C11H16ClNO. The van der Waals surface area contributed by atoms with Crippen LogP contribution in [0.5, 0.6) is 0 Å². The standard InChI is InChI=1S/C11H16ClNO/c1-9-2-4-10(5-3-9)8-11(13-12)6-7-14/h2-5,11,13-14H,6-8H2,1H3/t11-/m1/s1. The molecule has 0 saturated carbocycles. The van der Waals surface area contributed by atoms with Crippen LogP contribution >= 0.6 is 11.8 Å². The van der Waals surface area contributed by atoms with Gasteiger partial charge in [-0.1, -0.05) is 29.8 Å². The normalized spacial score (nSPS) is 12.8. The van der Waals surface area contributed by atoms with Gasteiger partial charge in [-0.3, -0.25) is 0 Å². The number of aliphatic hydroxyl groups is 1. The molecule has 2 N–H and O–H groups in total. The highest BCUT2D eigenvalue weighted by Gasteiger charge is 2.06. The van der Waals surface area contributed by atoms with E-state index in [2.05, 4.69) is 36.0 Å². The maximum atomic E-state index is 8.79. The smallest absolute Gasteiger partial charge is 0.0446 e. The lowest BCUT2D eigenvalue weighted by atomic mass is 10.0. The van der Waals surface area contributed by atoms with E-state index in [1.54, 1.807) is 0 Å². The summed E-state index contributed by atoms with van der Waals surface area (Å²) in [6.07, 6.45) is 1.53. The molecule has 0 amide bonds. The molecule has 2 nitrogen and oxygen atoms in total. The van der Waals surface area contributed by atoms with Crippen LogP contribution in [0.2, 0.25) is 0 Å². The minimum atomic E-state index is 0.143. The van der Waals surface area contributed by atoms with Gasteiger partial charge in [-0.05, 0) is 37.1 Å². The Hall–Kier alpha value is -0.570. The molecule has 0 unspecified atom stereocenters. The lowest BCUT2D eigenvalue weighted by Gasteiger charge is -2.13. The summed E-state index contributed by atoms with van der Waals surface area (Å²) in [7, 11) is 0. The molecule has 0 aliphatic heterocycles. The molecule has 0 aromatic heterocycles. The molecule has 0 aliphatic rings. The van der Waals surface area contributed by atoms with Crippen molar-refractivity contribution in [2.75, 3.05) is 6.61 Å². The zero-order chi connectivity index (χ0) is 10.4. The average molecular weight is 214 g/mol. The number of halogens is 1. The predicted molar refractivity (Wildman–Crippen MR) is 59.4 cm³/mol. The Bertz CT molecular complexity index is 260. The Balaban J connectivity index is 2.53. The van der Waals surface area contributed by atoms with E-state index in [-0.39, 0.29) is 12.6 Å². The second-order valence-corrected chi connectivity index (χ2v) is 3.73. The summed E-state index contributed by atoms with van der Waals surface area (Å²) in [5.41, 5.74) is 2.49. The van der Waals surface area contributed by atoms with Gasteiger partial charge in [-0.15, -0.1) is 0 Å². The maximum Gasteiger partial charge on any atom is 0.0446 e. The largest absolute Gasteiger partial charge is 0.396 e. The molecule has 1 aromatic carbocycles. The highest BCUT2D eigenvalue weighted by Crippen LogP contribution is 2.08. The monoisotopic (exact) mass is 213 g/mol. The van der Waals surface area contributed by atoms with Gasteiger partial charge in [-0.25, -0.2) is 4.84 Å². The van der Waals surface area contributed by atoms with Crippen LogP contribution in [0.15, 0.2) is 24.3 Å². The lowest BCUT2D eigenvalue weighted by molar-refractivity contribution is 0.272. The lowest BCUT2D eigenvalue weighted by Crippen LogP contribution is -2.24. The van der Waals surface area contributed by atoms with Gasteiger partial charge >= 0.3 is 0 Å². The summed E-state index contributed by atoms with van der Waals surface area (Å²) in [5, 5.41) is 8.79. The van der Waals surface area contributed by atoms with Crippen LogP contribution in [0.3, 0.4) is 0 Å². The summed E-state index contributed by atoms with van der Waals surface area (Å²) < 4.78 is 0. The van der Waals surface area contributed by atoms with Gasteiger partial charge in [0.2, 0.25) is 0 Å². The average Bonchev–Trinajstić information content (AvgIpc) is 2.20. The molecule has 0 heterocycles. The van der Waals surface area contributed by atoms with Gasteiger partial charge in [0.15, 0.2) is 0 Å². The Labute approximate surface area is 90.0 Å². The van der Waals surface area contributed by atoms with Crippen LogP contribution in [-0.4, -0.2) is 17.8 Å². The van der Waals surface area contributed by atoms with Crippen molar-refractivity contribution in [1.82, 2.24) is 4.84 Å². The van der Waals surface area contributed by atoms with E-state index in [1.807, 2.05) is 0 Å². The molecule has 0 radical (unpaired) electrons. The molecule has 0 bridgehead atoms. The van der Waals surface area contributed by atoms with Gasteiger partial charge in [0.1, 0.15) is 0 Å². The van der Waals surface area contributed by atoms with Crippen molar-refractivity contribution in [3.8, 4) is 0 Å². The highest BCUT2D eigenvalue weighted by atomic mass is 35.5. The molecule has 0 fully saturated rings. The molecule has 0 aliphatic carbocycles. The van der Waals surface area contributed by atoms with E-state index >= 15 is 0 Å². The topological polar surface area (TPSA) is 32.3 Å². The van der Waals surface area contributed by atoms with Gasteiger partial charge in [0, 0.05) is 12.6 Å². The Morgan fingerprint density at radius 2 is 2.00 bits per heavy atom. The Kier molecular flexibility index (Phi) is 4.94. The van der Waals surface area contributed by atoms with Crippen molar-refractivity contribution in [3.05, 3.63) is 35.4 Å². The minimum absolute atomic E-state index is 0.143. The van der Waals surface area contributed by atoms with E-state index < -0.39 is 0 Å². The summed E-state index contributed by atoms with van der Waals surface area (Å²) in [5.74, 6) is 0. The van der Waals surface area contributed by atoms with E-state index in [1.165, 1.54) is 11.1 Å². The predicted octanol–water partition coefficient (Wildman–Crippen LogP) is 2.03. The van der Waals surface area contributed by atoms with Crippen LogP contribution in [0.25, 0.3) is 0 Å². The third-order valence-corrected chi connectivity index (χ3v) is 2.54. The molecule has 78 valence electrons. The summed E-state index contributed by atoms with van der Waals surface area (Å²) >= 11 is 5.57. The first-order valence-electron chi connectivity index (χ1n) is 4.79. The zero-order valence-corrected chi connectivity index (χ0v) is 9.09. The van der Waals surface area contributed by atoms with Crippen LogP contribution in [0, 0.1) is 6.92 Å². The molecule has 14 heavy (non-hydrogen) atoms. The van der Waals surface area contributed by atoms with Crippen LogP contribution < -0.4 is 4.84 Å². The van der Waals surface area contributed by atoms with Crippen LogP contribution in [-0.2, 0) is 6.42 Å². The number of aliphatic hydroxyl groups excluding tert-OH is 1. The maximum absolute atomic E-state index is 8.79. The first kappa shape index (κ1) is 11.5. The molecule has 3 heteroatoms. The van der Waals surface area contributed by atoms with Crippen molar-refractivity contribution in [1.29, 1.82) is 0 Å². The summed E-state index contributed by atoms with van der Waals surface area (Å²) in [6, 6.07) is 8.49. The number of aryl methyl sites for hydroxylation is 1. The van der Waals surface area contributed by atoms with Gasteiger partial charge < -0.3 is 5.11 Å². The van der Waals surface area contributed by atoms with Crippen LogP contribution in [0.1, 0.15) is 17.5 Å². The summed E-state index contributed by atoms with van der Waals surface area (Å²) in [6.45, 7) is 2.23. The van der Waals surface area contributed by atoms with Crippen molar-refractivity contribution in [3.63, 3.8) is 0 Å². The van der Waals surface area contributed by atoms with Crippen molar-refractivity contribution >= 4 is 11.8 Å². The minimum Gasteiger partial charge on any atom is -0.396 e.